The SMILES string of the molecule is Cc1ccccc1CN1C(=O)/C(=C\c2ccc(C(=O)NCCN3CCN(c4cccc(Cl)c4)CC3)cc2)SC2CCCCC21. The molecule has 0 radical (unpaired) electrons. The zero-order chi connectivity index (χ0) is 30.5. The maximum atomic E-state index is 13.8. The van der Waals surface area contributed by atoms with E-state index in [4.69, 9.17) is 11.6 Å². The van der Waals surface area contributed by atoms with Crippen molar-refractivity contribution >= 4 is 46.9 Å². The molecule has 0 aromatic heterocycles. The number of anilines is 1. The summed E-state index contributed by atoms with van der Waals surface area (Å²) in [5, 5.41) is 4.27. The second-order valence-corrected chi connectivity index (χ2v) is 13.8. The lowest BCUT2D eigenvalue weighted by Crippen LogP contribution is -2.50. The highest BCUT2D eigenvalue weighted by atomic mass is 35.5. The van der Waals surface area contributed by atoms with Gasteiger partial charge in [-0.1, -0.05) is 66.9 Å². The van der Waals surface area contributed by atoms with Crippen molar-refractivity contribution in [2.24, 2.45) is 0 Å². The highest BCUT2D eigenvalue weighted by molar-refractivity contribution is 8.04. The van der Waals surface area contributed by atoms with Gasteiger partial charge >= 0.3 is 0 Å². The van der Waals surface area contributed by atoms with Gasteiger partial charge in [0, 0.05) is 73.4 Å². The molecule has 1 saturated carbocycles. The molecule has 1 N–H and O–H groups in total. The van der Waals surface area contributed by atoms with Crippen molar-refractivity contribution in [1.82, 2.24) is 15.1 Å². The van der Waals surface area contributed by atoms with Gasteiger partial charge in [0.15, 0.2) is 0 Å². The van der Waals surface area contributed by atoms with Crippen LogP contribution in [0.1, 0.15) is 52.7 Å². The van der Waals surface area contributed by atoms with E-state index in [9.17, 15) is 9.59 Å². The third-order valence-electron chi connectivity index (χ3n) is 9.15. The van der Waals surface area contributed by atoms with Crippen LogP contribution in [0.4, 0.5) is 5.69 Å². The molecule has 2 heterocycles. The van der Waals surface area contributed by atoms with Crippen LogP contribution in [0.2, 0.25) is 5.02 Å². The van der Waals surface area contributed by atoms with Crippen LogP contribution in [0.5, 0.6) is 0 Å². The molecule has 2 saturated heterocycles. The van der Waals surface area contributed by atoms with Gasteiger partial charge in [0.2, 0.25) is 0 Å². The number of rotatable bonds is 8. The van der Waals surface area contributed by atoms with E-state index in [2.05, 4.69) is 57.3 Å². The molecular weight excluding hydrogens is 588 g/mol. The van der Waals surface area contributed by atoms with Gasteiger partial charge in [-0.2, -0.15) is 0 Å². The van der Waals surface area contributed by atoms with Gasteiger partial charge in [-0.15, -0.1) is 11.8 Å². The first kappa shape index (κ1) is 30.8. The molecule has 0 spiro atoms. The quantitative estimate of drug-likeness (QED) is 0.284. The monoisotopic (exact) mass is 628 g/mol. The molecule has 2 unspecified atom stereocenters. The van der Waals surface area contributed by atoms with Crippen LogP contribution in [-0.4, -0.2) is 72.2 Å². The number of thioether (sulfide) groups is 1. The van der Waals surface area contributed by atoms with E-state index in [1.165, 1.54) is 24.0 Å². The molecule has 6 rings (SSSR count). The number of halogens is 1. The molecule has 230 valence electrons. The predicted octanol–water partition coefficient (Wildman–Crippen LogP) is 6.63. The fraction of sp³-hybridized carbons (Fsp3) is 0.389. The third kappa shape index (κ3) is 7.33. The Morgan fingerprint density at radius 1 is 0.977 bits per heavy atom. The van der Waals surface area contributed by atoms with Gasteiger partial charge in [-0.05, 0) is 72.9 Å². The minimum atomic E-state index is -0.0701. The average molecular weight is 629 g/mol. The van der Waals surface area contributed by atoms with Crippen LogP contribution in [0.15, 0.2) is 77.7 Å². The molecule has 3 fully saturated rings. The highest BCUT2D eigenvalue weighted by Crippen LogP contribution is 2.43. The van der Waals surface area contributed by atoms with Crippen molar-refractivity contribution in [1.29, 1.82) is 0 Å². The summed E-state index contributed by atoms with van der Waals surface area (Å²) < 4.78 is 0. The van der Waals surface area contributed by atoms with Crippen LogP contribution < -0.4 is 10.2 Å². The van der Waals surface area contributed by atoms with Crippen LogP contribution in [0.3, 0.4) is 0 Å². The second-order valence-electron chi connectivity index (χ2n) is 12.1. The maximum absolute atomic E-state index is 13.8. The molecule has 6 nitrogen and oxygen atoms in total. The van der Waals surface area contributed by atoms with Crippen molar-refractivity contribution in [3.8, 4) is 0 Å². The fourth-order valence-electron chi connectivity index (χ4n) is 6.55. The molecule has 1 aliphatic carbocycles. The van der Waals surface area contributed by atoms with Crippen LogP contribution in [0.25, 0.3) is 6.08 Å². The normalized spacial score (nSPS) is 21.8. The molecular formula is C36H41ClN4O2S. The number of carbonyl (C=O) groups is 2. The first-order chi connectivity index (χ1) is 21.4. The number of carbonyl (C=O) groups excluding carboxylic acids is 2. The molecule has 2 atom stereocenters. The zero-order valence-corrected chi connectivity index (χ0v) is 27.0. The standard InChI is InChI=1S/C36H41ClN4O2S/c1-26-7-2-3-8-29(26)25-41-32-11-4-5-12-33(32)44-34(36(41)43)23-27-13-15-28(16-14-27)35(42)38-17-18-39-19-21-40(22-20-39)31-10-6-9-30(37)24-31/h2-3,6-10,13-16,23-24,32-33H,4-5,11-12,17-22,25H2,1H3,(H,38,42)/b34-23+. The van der Waals surface area contributed by atoms with Gasteiger partial charge in [0.05, 0.1) is 4.91 Å². The summed E-state index contributed by atoms with van der Waals surface area (Å²) in [6.07, 6.45) is 6.62. The summed E-state index contributed by atoms with van der Waals surface area (Å²) in [4.78, 5) is 34.3. The summed E-state index contributed by atoms with van der Waals surface area (Å²) in [6.45, 7) is 7.98. The molecule has 3 aliphatic rings. The summed E-state index contributed by atoms with van der Waals surface area (Å²) in [7, 11) is 0. The highest BCUT2D eigenvalue weighted by Gasteiger charge is 2.40. The maximum Gasteiger partial charge on any atom is 0.260 e. The summed E-state index contributed by atoms with van der Waals surface area (Å²) in [5.74, 6) is 0.0518. The smallest absolute Gasteiger partial charge is 0.260 e. The molecule has 44 heavy (non-hydrogen) atoms. The summed E-state index contributed by atoms with van der Waals surface area (Å²) in [6, 6.07) is 24.3. The molecule has 3 aromatic rings. The Balaban J connectivity index is 1.03. The Hall–Kier alpha value is -3.26. The van der Waals surface area contributed by atoms with Gasteiger partial charge in [-0.3, -0.25) is 14.5 Å². The Kier molecular flexibility index (Phi) is 9.95. The lowest BCUT2D eigenvalue weighted by atomic mass is 9.92. The Labute approximate surface area is 270 Å². The molecule has 2 aliphatic heterocycles. The zero-order valence-electron chi connectivity index (χ0n) is 25.4. The van der Waals surface area contributed by atoms with E-state index in [1.54, 1.807) is 11.8 Å². The largest absolute Gasteiger partial charge is 0.369 e. The van der Waals surface area contributed by atoms with Gasteiger partial charge < -0.3 is 15.1 Å². The van der Waals surface area contributed by atoms with Crippen LogP contribution in [0, 0.1) is 6.92 Å². The number of benzene rings is 3. The predicted molar refractivity (Wildman–Crippen MR) is 182 cm³/mol. The van der Waals surface area contributed by atoms with Crippen LogP contribution in [-0.2, 0) is 11.3 Å². The lowest BCUT2D eigenvalue weighted by Gasteiger charge is -2.44. The number of nitrogens with zero attached hydrogens (tertiary/aromatic N) is 3. The molecule has 8 heteroatoms. The first-order valence-corrected chi connectivity index (χ1v) is 17.1. The topological polar surface area (TPSA) is 55.9 Å². The summed E-state index contributed by atoms with van der Waals surface area (Å²) in [5.41, 5.74) is 5.18. The third-order valence-corrected chi connectivity index (χ3v) is 10.8. The summed E-state index contributed by atoms with van der Waals surface area (Å²) >= 11 is 7.91. The minimum absolute atomic E-state index is 0.0701. The van der Waals surface area contributed by atoms with E-state index in [-0.39, 0.29) is 17.9 Å². The molecule has 2 amide bonds. The number of nitrogens with one attached hydrogen (secondary N) is 1. The van der Waals surface area contributed by atoms with Gasteiger partial charge in [0.25, 0.3) is 11.8 Å². The van der Waals surface area contributed by atoms with E-state index in [1.807, 2.05) is 48.5 Å². The van der Waals surface area contributed by atoms with Crippen molar-refractivity contribution in [3.05, 3.63) is 105 Å². The Morgan fingerprint density at radius 3 is 2.52 bits per heavy atom. The Bertz CT molecular complexity index is 1500. The first-order valence-electron chi connectivity index (χ1n) is 15.8. The fourth-order valence-corrected chi connectivity index (χ4v) is 8.20. The van der Waals surface area contributed by atoms with Crippen molar-refractivity contribution in [3.63, 3.8) is 0 Å². The van der Waals surface area contributed by atoms with Crippen molar-refractivity contribution in [2.75, 3.05) is 44.2 Å². The van der Waals surface area contributed by atoms with Gasteiger partial charge in [0.1, 0.15) is 0 Å². The van der Waals surface area contributed by atoms with Crippen molar-refractivity contribution in [2.45, 2.75) is 50.4 Å². The number of aryl methyl sites for hydroxylation is 1. The molecule has 0 bridgehead atoms. The van der Waals surface area contributed by atoms with E-state index < -0.39 is 0 Å². The second kappa shape index (κ2) is 14.2. The Morgan fingerprint density at radius 2 is 1.75 bits per heavy atom. The number of amides is 2. The van der Waals surface area contributed by atoms with E-state index in [0.29, 0.717) is 23.9 Å². The van der Waals surface area contributed by atoms with E-state index >= 15 is 0 Å². The lowest BCUT2D eigenvalue weighted by molar-refractivity contribution is -0.130. The van der Waals surface area contributed by atoms with E-state index in [0.717, 1.165) is 66.7 Å². The minimum Gasteiger partial charge on any atom is -0.369 e. The van der Waals surface area contributed by atoms with Crippen molar-refractivity contribution < 1.29 is 9.59 Å². The number of piperazine rings is 1. The number of fused-ring (bicyclic) bond motifs is 1. The molecule has 3 aromatic carbocycles. The number of hydrogen-bond donors (Lipinski definition) is 1. The average Bonchev–Trinajstić information content (AvgIpc) is 3.04. The van der Waals surface area contributed by atoms with Crippen LogP contribution >= 0.6 is 23.4 Å². The van der Waals surface area contributed by atoms with Gasteiger partial charge in [-0.25, -0.2) is 0 Å². The number of hydrogen-bond acceptors (Lipinski definition) is 5.